The van der Waals surface area contributed by atoms with E-state index in [9.17, 15) is 0 Å². The number of anilines is 1. The molecule has 2 nitrogen and oxygen atoms in total. The summed E-state index contributed by atoms with van der Waals surface area (Å²) in [5.74, 6) is 1.78. The van der Waals surface area contributed by atoms with Crippen LogP contribution >= 0.6 is 15.9 Å². The van der Waals surface area contributed by atoms with Crippen LogP contribution in [0.1, 0.15) is 44.6 Å². The van der Waals surface area contributed by atoms with Gasteiger partial charge in [-0.15, -0.1) is 0 Å². The first-order valence-electron chi connectivity index (χ1n) is 6.55. The van der Waals surface area contributed by atoms with Crippen LogP contribution in [0, 0.1) is 12.8 Å². The van der Waals surface area contributed by atoms with E-state index in [2.05, 4.69) is 46.1 Å². The fourth-order valence-corrected chi connectivity index (χ4v) is 3.19. The van der Waals surface area contributed by atoms with Crippen LogP contribution in [-0.4, -0.2) is 11.0 Å². The minimum atomic E-state index is 0.516. The van der Waals surface area contributed by atoms with E-state index in [1.54, 1.807) is 0 Å². The topological polar surface area (TPSA) is 24.9 Å². The first-order chi connectivity index (χ1) is 8.16. The van der Waals surface area contributed by atoms with Crippen molar-refractivity contribution in [2.24, 2.45) is 5.92 Å². The smallest absolute Gasteiger partial charge is 0.140 e. The Bertz CT molecular complexity index is 372. The highest BCUT2D eigenvalue weighted by atomic mass is 79.9. The van der Waals surface area contributed by atoms with Crippen molar-refractivity contribution in [3.63, 3.8) is 0 Å². The summed E-state index contributed by atoms with van der Waals surface area (Å²) in [7, 11) is 0. The summed E-state index contributed by atoms with van der Waals surface area (Å²) >= 11 is 3.57. The Balaban J connectivity index is 1.99. The molecule has 0 radical (unpaired) electrons. The van der Waals surface area contributed by atoms with E-state index in [1.165, 1.54) is 37.7 Å². The van der Waals surface area contributed by atoms with Gasteiger partial charge in [-0.05, 0) is 60.2 Å². The van der Waals surface area contributed by atoms with Crippen molar-refractivity contribution < 1.29 is 0 Å². The summed E-state index contributed by atoms with van der Waals surface area (Å²) in [5.41, 5.74) is 1.19. The highest BCUT2D eigenvalue weighted by Gasteiger charge is 2.20. The number of nitrogens with one attached hydrogen (secondary N) is 1. The molecule has 1 aliphatic rings. The van der Waals surface area contributed by atoms with Crippen molar-refractivity contribution >= 4 is 21.7 Å². The van der Waals surface area contributed by atoms with Crippen molar-refractivity contribution in [1.29, 1.82) is 0 Å². The lowest BCUT2D eigenvalue weighted by molar-refractivity contribution is 0.328. The van der Waals surface area contributed by atoms with Crippen molar-refractivity contribution in [3.05, 3.63) is 22.3 Å². The SMILES string of the molecule is Cc1cnc(NC(C)C2CCCCC2)c(Br)c1. The highest BCUT2D eigenvalue weighted by Crippen LogP contribution is 2.29. The van der Waals surface area contributed by atoms with Crippen LogP contribution in [0.15, 0.2) is 16.7 Å². The first kappa shape index (κ1) is 12.9. The third-order valence-electron chi connectivity index (χ3n) is 3.70. The van der Waals surface area contributed by atoms with Crippen molar-refractivity contribution in [1.82, 2.24) is 4.98 Å². The molecule has 1 fully saturated rings. The molecule has 1 saturated carbocycles. The molecular formula is C14H21BrN2. The molecule has 17 heavy (non-hydrogen) atoms. The summed E-state index contributed by atoms with van der Waals surface area (Å²) in [4.78, 5) is 4.45. The standard InChI is InChI=1S/C14H21BrN2/c1-10-8-13(15)14(16-9-10)17-11(2)12-6-4-3-5-7-12/h8-9,11-12H,3-7H2,1-2H3,(H,16,17). The highest BCUT2D eigenvalue weighted by molar-refractivity contribution is 9.10. The zero-order valence-electron chi connectivity index (χ0n) is 10.7. The Kier molecular flexibility index (Phi) is 4.43. The first-order valence-corrected chi connectivity index (χ1v) is 7.35. The van der Waals surface area contributed by atoms with Crippen molar-refractivity contribution in [2.75, 3.05) is 5.32 Å². The van der Waals surface area contributed by atoms with Gasteiger partial charge in [0.2, 0.25) is 0 Å². The van der Waals surface area contributed by atoms with Gasteiger partial charge in [0.15, 0.2) is 0 Å². The fraction of sp³-hybridized carbons (Fsp3) is 0.643. The van der Waals surface area contributed by atoms with E-state index in [4.69, 9.17) is 0 Å². The minimum absolute atomic E-state index is 0.516. The number of rotatable bonds is 3. The maximum atomic E-state index is 4.45. The Morgan fingerprint density at radius 2 is 2.06 bits per heavy atom. The number of halogens is 1. The average Bonchev–Trinajstić information content (AvgIpc) is 2.34. The Morgan fingerprint density at radius 1 is 1.35 bits per heavy atom. The van der Waals surface area contributed by atoms with Gasteiger partial charge in [-0.3, -0.25) is 0 Å². The zero-order chi connectivity index (χ0) is 12.3. The molecule has 0 amide bonds. The van der Waals surface area contributed by atoms with Crippen LogP contribution < -0.4 is 5.32 Å². The second kappa shape index (κ2) is 5.85. The summed E-state index contributed by atoms with van der Waals surface area (Å²) < 4.78 is 1.07. The Labute approximate surface area is 112 Å². The van der Waals surface area contributed by atoms with E-state index >= 15 is 0 Å². The molecule has 0 aromatic carbocycles. The normalized spacial score (nSPS) is 19.0. The lowest BCUT2D eigenvalue weighted by Gasteiger charge is -2.28. The summed E-state index contributed by atoms with van der Waals surface area (Å²) in [6.45, 7) is 4.34. The fourth-order valence-electron chi connectivity index (χ4n) is 2.61. The van der Waals surface area contributed by atoms with Gasteiger partial charge in [-0.25, -0.2) is 4.98 Å². The molecule has 2 rings (SSSR count). The Hall–Kier alpha value is -0.570. The summed E-state index contributed by atoms with van der Waals surface area (Å²) in [5, 5.41) is 3.55. The van der Waals surface area contributed by atoms with Gasteiger partial charge >= 0.3 is 0 Å². The lowest BCUT2D eigenvalue weighted by atomic mass is 9.84. The average molecular weight is 297 g/mol. The van der Waals surface area contributed by atoms with E-state index in [-0.39, 0.29) is 0 Å². The van der Waals surface area contributed by atoms with E-state index in [0.717, 1.165) is 16.2 Å². The maximum Gasteiger partial charge on any atom is 0.140 e. The minimum Gasteiger partial charge on any atom is -0.366 e. The molecule has 1 atom stereocenters. The number of aryl methyl sites for hydroxylation is 1. The van der Waals surface area contributed by atoms with Crippen LogP contribution in [0.25, 0.3) is 0 Å². The molecule has 1 aromatic heterocycles. The van der Waals surface area contributed by atoms with Gasteiger partial charge in [0.25, 0.3) is 0 Å². The molecule has 1 unspecified atom stereocenters. The predicted molar refractivity (Wildman–Crippen MR) is 76.3 cm³/mol. The number of hydrogen-bond donors (Lipinski definition) is 1. The quantitative estimate of drug-likeness (QED) is 0.886. The monoisotopic (exact) mass is 296 g/mol. The third-order valence-corrected chi connectivity index (χ3v) is 4.30. The van der Waals surface area contributed by atoms with Gasteiger partial charge in [-0.1, -0.05) is 19.3 Å². The van der Waals surface area contributed by atoms with Crippen LogP contribution in [0.4, 0.5) is 5.82 Å². The van der Waals surface area contributed by atoms with E-state index in [1.807, 2.05) is 6.20 Å². The van der Waals surface area contributed by atoms with Crippen LogP contribution in [-0.2, 0) is 0 Å². The van der Waals surface area contributed by atoms with Gasteiger partial charge in [0.1, 0.15) is 5.82 Å². The predicted octanol–water partition coefficient (Wildman–Crippen LogP) is 4.53. The summed E-state index contributed by atoms with van der Waals surface area (Å²) in [6, 6.07) is 2.63. The van der Waals surface area contributed by atoms with Crippen molar-refractivity contribution in [3.8, 4) is 0 Å². The molecular weight excluding hydrogens is 276 g/mol. The molecule has 1 aliphatic carbocycles. The number of nitrogens with zero attached hydrogens (tertiary/aromatic N) is 1. The molecule has 0 saturated heterocycles. The van der Waals surface area contributed by atoms with Gasteiger partial charge in [0.05, 0.1) is 4.47 Å². The van der Waals surface area contributed by atoms with E-state index in [0.29, 0.717) is 6.04 Å². The third kappa shape index (κ3) is 3.44. The van der Waals surface area contributed by atoms with Gasteiger partial charge < -0.3 is 5.32 Å². The largest absolute Gasteiger partial charge is 0.366 e. The van der Waals surface area contributed by atoms with Crippen molar-refractivity contribution in [2.45, 2.75) is 52.0 Å². The molecule has 1 aromatic rings. The van der Waals surface area contributed by atoms with Crippen LogP contribution in [0.5, 0.6) is 0 Å². The zero-order valence-corrected chi connectivity index (χ0v) is 12.3. The number of pyridine rings is 1. The molecule has 0 spiro atoms. The number of hydrogen-bond acceptors (Lipinski definition) is 2. The van der Waals surface area contributed by atoms with Gasteiger partial charge in [-0.2, -0.15) is 0 Å². The molecule has 94 valence electrons. The molecule has 1 heterocycles. The molecule has 1 N–H and O–H groups in total. The van der Waals surface area contributed by atoms with Crippen LogP contribution in [0.2, 0.25) is 0 Å². The van der Waals surface area contributed by atoms with Crippen LogP contribution in [0.3, 0.4) is 0 Å². The maximum absolute atomic E-state index is 4.45. The molecule has 3 heteroatoms. The van der Waals surface area contributed by atoms with Gasteiger partial charge in [0, 0.05) is 12.2 Å². The number of aromatic nitrogens is 1. The second-order valence-corrected chi connectivity index (χ2v) is 6.03. The second-order valence-electron chi connectivity index (χ2n) is 5.17. The summed E-state index contributed by atoms with van der Waals surface area (Å²) in [6.07, 6.45) is 8.82. The van der Waals surface area contributed by atoms with E-state index < -0.39 is 0 Å². The Morgan fingerprint density at radius 3 is 2.71 bits per heavy atom. The molecule has 0 bridgehead atoms. The molecule has 0 aliphatic heterocycles. The lowest BCUT2D eigenvalue weighted by Crippen LogP contribution is -2.28.